The lowest BCUT2D eigenvalue weighted by molar-refractivity contribution is 0.529. The maximum atomic E-state index is 6.28. The van der Waals surface area contributed by atoms with Crippen molar-refractivity contribution in [3.63, 3.8) is 0 Å². The van der Waals surface area contributed by atoms with Gasteiger partial charge in [0.15, 0.2) is 5.82 Å². The summed E-state index contributed by atoms with van der Waals surface area (Å²) >= 11 is 6.28. The minimum atomic E-state index is 0.247. The molecule has 0 saturated carbocycles. The third-order valence-corrected chi connectivity index (χ3v) is 7.71. The molecule has 0 aliphatic carbocycles. The van der Waals surface area contributed by atoms with Gasteiger partial charge in [-0.25, -0.2) is 0 Å². The van der Waals surface area contributed by atoms with E-state index >= 15 is 0 Å². The molecule has 0 atom stereocenters. The monoisotopic (exact) mass is 543 g/mol. The van der Waals surface area contributed by atoms with E-state index in [9.17, 15) is 0 Å². The van der Waals surface area contributed by atoms with Crippen LogP contribution in [0.2, 0.25) is 5.28 Å². The molecule has 0 radical (unpaired) electrons. The minimum absolute atomic E-state index is 0.247. The lowest BCUT2D eigenvalue weighted by atomic mass is 10.0. The number of aromatic nitrogens is 3. The standard InChI is InChI=1S/C32H54ClN5/c1-5-8-9-10-11-12-13-14-15-16-17-18-19-20-21-22-27-37(4)32-35-30(34-31(33)36-32)28-23-25-29(26-24-28)38(6-2)7-3/h23-26H,5-22,27H2,1-4H3. The first kappa shape index (κ1) is 32.3. The zero-order valence-electron chi connectivity index (χ0n) is 24.9. The molecule has 0 spiro atoms. The molecule has 0 aliphatic rings. The van der Waals surface area contributed by atoms with Crippen molar-refractivity contribution >= 4 is 23.2 Å². The zero-order chi connectivity index (χ0) is 27.4. The highest BCUT2D eigenvalue weighted by atomic mass is 35.5. The van der Waals surface area contributed by atoms with Crippen LogP contribution in [0.25, 0.3) is 11.4 Å². The molecule has 1 aromatic carbocycles. The Balaban J connectivity index is 1.60. The smallest absolute Gasteiger partial charge is 0.229 e. The third kappa shape index (κ3) is 12.8. The van der Waals surface area contributed by atoms with Crippen molar-refractivity contribution in [1.29, 1.82) is 0 Å². The molecule has 214 valence electrons. The molecule has 0 saturated heterocycles. The quantitative estimate of drug-likeness (QED) is 0.138. The zero-order valence-corrected chi connectivity index (χ0v) is 25.6. The van der Waals surface area contributed by atoms with Gasteiger partial charge in [-0.3, -0.25) is 0 Å². The summed E-state index contributed by atoms with van der Waals surface area (Å²) in [6, 6.07) is 8.39. The Morgan fingerprint density at radius 1 is 0.605 bits per heavy atom. The van der Waals surface area contributed by atoms with Gasteiger partial charge in [-0.1, -0.05) is 103 Å². The van der Waals surface area contributed by atoms with E-state index < -0.39 is 0 Å². The molecule has 0 fully saturated rings. The number of benzene rings is 1. The first-order valence-electron chi connectivity index (χ1n) is 15.6. The van der Waals surface area contributed by atoms with Gasteiger partial charge in [0.2, 0.25) is 11.2 Å². The lowest BCUT2D eigenvalue weighted by Gasteiger charge is -2.21. The Bertz CT molecular complexity index is 853. The summed E-state index contributed by atoms with van der Waals surface area (Å²) < 4.78 is 0. The van der Waals surface area contributed by atoms with Gasteiger partial charge in [-0.05, 0) is 56.1 Å². The van der Waals surface area contributed by atoms with E-state index in [2.05, 4.69) is 64.8 Å². The number of halogens is 1. The van der Waals surface area contributed by atoms with Crippen LogP contribution >= 0.6 is 11.6 Å². The summed E-state index contributed by atoms with van der Waals surface area (Å²) in [5.74, 6) is 1.28. The van der Waals surface area contributed by atoms with E-state index in [0.29, 0.717) is 11.8 Å². The van der Waals surface area contributed by atoms with E-state index in [-0.39, 0.29) is 5.28 Å². The molecule has 0 unspecified atom stereocenters. The Morgan fingerprint density at radius 3 is 1.55 bits per heavy atom. The number of anilines is 2. The fraction of sp³-hybridized carbons (Fsp3) is 0.719. The molecule has 2 rings (SSSR count). The van der Waals surface area contributed by atoms with Crippen molar-refractivity contribution < 1.29 is 0 Å². The van der Waals surface area contributed by atoms with E-state index in [0.717, 1.165) is 31.6 Å². The molecular formula is C32H54ClN5. The normalized spacial score (nSPS) is 11.2. The Hall–Kier alpha value is -1.88. The lowest BCUT2D eigenvalue weighted by Crippen LogP contribution is -2.22. The number of nitrogens with zero attached hydrogens (tertiary/aromatic N) is 5. The maximum absolute atomic E-state index is 6.28. The van der Waals surface area contributed by atoms with Crippen molar-refractivity contribution in [3.8, 4) is 11.4 Å². The first-order chi connectivity index (χ1) is 18.6. The molecule has 1 aromatic heterocycles. The van der Waals surface area contributed by atoms with Crippen LogP contribution in [0, 0.1) is 0 Å². The summed E-state index contributed by atoms with van der Waals surface area (Å²) in [5, 5.41) is 0.247. The Morgan fingerprint density at radius 2 is 1.08 bits per heavy atom. The van der Waals surface area contributed by atoms with Gasteiger partial charge in [0.1, 0.15) is 0 Å². The molecule has 0 aliphatic heterocycles. The molecule has 0 amide bonds. The summed E-state index contributed by atoms with van der Waals surface area (Å²) in [6.45, 7) is 9.54. The molecule has 5 nitrogen and oxygen atoms in total. The average Bonchev–Trinajstić information content (AvgIpc) is 2.93. The first-order valence-corrected chi connectivity index (χ1v) is 15.9. The van der Waals surface area contributed by atoms with Gasteiger partial charge >= 0.3 is 0 Å². The SMILES string of the molecule is CCCCCCCCCCCCCCCCCCN(C)c1nc(Cl)nc(-c2ccc(N(CC)CC)cc2)n1. The molecule has 38 heavy (non-hydrogen) atoms. The minimum Gasteiger partial charge on any atom is -0.372 e. The Labute approximate surface area is 238 Å². The Kier molecular flexibility index (Phi) is 17.1. The highest BCUT2D eigenvalue weighted by Gasteiger charge is 2.12. The van der Waals surface area contributed by atoms with Crippen LogP contribution in [-0.4, -0.2) is 41.6 Å². The van der Waals surface area contributed by atoms with Gasteiger partial charge in [-0.15, -0.1) is 0 Å². The van der Waals surface area contributed by atoms with Gasteiger partial charge in [0, 0.05) is 37.9 Å². The topological polar surface area (TPSA) is 45.2 Å². The van der Waals surface area contributed by atoms with Crippen LogP contribution in [0.1, 0.15) is 124 Å². The summed E-state index contributed by atoms with van der Waals surface area (Å²) in [6.07, 6.45) is 22.1. The predicted molar refractivity (Wildman–Crippen MR) is 167 cm³/mol. The van der Waals surface area contributed by atoms with Crippen LogP contribution in [-0.2, 0) is 0 Å². The van der Waals surface area contributed by atoms with Crippen LogP contribution < -0.4 is 9.80 Å². The van der Waals surface area contributed by atoms with Gasteiger partial charge in [-0.2, -0.15) is 15.0 Å². The highest BCUT2D eigenvalue weighted by Crippen LogP contribution is 2.23. The molecule has 0 N–H and O–H groups in total. The van der Waals surface area contributed by atoms with Gasteiger partial charge in [0.25, 0.3) is 0 Å². The van der Waals surface area contributed by atoms with Crippen molar-refractivity contribution in [3.05, 3.63) is 29.5 Å². The maximum Gasteiger partial charge on any atom is 0.229 e. The fourth-order valence-corrected chi connectivity index (χ4v) is 5.20. The summed E-state index contributed by atoms with van der Waals surface area (Å²) in [4.78, 5) is 17.9. The van der Waals surface area contributed by atoms with Crippen molar-refractivity contribution in [2.45, 2.75) is 124 Å². The second-order valence-corrected chi connectivity index (χ2v) is 11.0. The second-order valence-electron chi connectivity index (χ2n) is 10.7. The molecule has 6 heteroatoms. The highest BCUT2D eigenvalue weighted by molar-refractivity contribution is 6.28. The van der Waals surface area contributed by atoms with E-state index in [1.54, 1.807) is 0 Å². The van der Waals surface area contributed by atoms with E-state index in [4.69, 9.17) is 16.6 Å². The average molecular weight is 544 g/mol. The second kappa shape index (κ2) is 20.1. The number of unbranched alkanes of at least 4 members (excludes halogenated alkanes) is 15. The van der Waals surface area contributed by atoms with Crippen LogP contribution in [0.3, 0.4) is 0 Å². The number of rotatable bonds is 22. The van der Waals surface area contributed by atoms with E-state index in [1.807, 2.05) is 7.05 Å². The number of hydrogen-bond acceptors (Lipinski definition) is 5. The van der Waals surface area contributed by atoms with Crippen molar-refractivity contribution in [2.24, 2.45) is 0 Å². The van der Waals surface area contributed by atoms with Crippen molar-refractivity contribution in [1.82, 2.24) is 15.0 Å². The summed E-state index contributed by atoms with van der Waals surface area (Å²) in [5.41, 5.74) is 2.17. The fourth-order valence-electron chi connectivity index (χ4n) is 5.05. The molecule has 0 bridgehead atoms. The van der Waals surface area contributed by atoms with Gasteiger partial charge < -0.3 is 9.80 Å². The number of hydrogen-bond donors (Lipinski definition) is 0. The van der Waals surface area contributed by atoms with Crippen LogP contribution in [0.4, 0.5) is 11.6 Å². The van der Waals surface area contributed by atoms with Crippen molar-refractivity contribution in [2.75, 3.05) is 36.5 Å². The molecular weight excluding hydrogens is 490 g/mol. The van der Waals surface area contributed by atoms with E-state index in [1.165, 1.54) is 102 Å². The molecule has 1 heterocycles. The van der Waals surface area contributed by atoms with Gasteiger partial charge in [0.05, 0.1) is 0 Å². The molecule has 2 aromatic rings. The summed E-state index contributed by atoms with van der Waals surface area (Å²) in [7, 11) is 2.05. The van der Waals surface area contributed by atoms with Crippen LogP contribution in [0.5, 0.6) is 0 Å². The third-order valence-electron chi connectivity index (χ3n) is 7.54. The predicted octanol–water partition coefficient (Wildman–Crippen LogP) is 9.74. The van der Waals surface area contributed by atoms with Crippen LogP contribution in [0.15, 0.2) is 24.3 Å². The largest absolute Gasteiger partial charge is 0.372 e.